The first-order chi connectivity index (χ1) is 6.97. The summed E-state index contributed by atoms with van der Waals surface area (Å²) in [4.78, 5) is 0. The second kappa shape index (κ2) is 4.13. The smallest absolute Gasteiger partial charge is 0.0514 e. The Balaban J connectivity index is 2.24. The summed E-state index contributed by atoms with van der Waals surface area (Å²) in [5.74, 6) is 0. The van der Waals surface area contributed by atoms with Gasteiger partial charge in [-0.25, -0.2) is 0 Å². The van der Waals surface area contributed by atoms with Crippen molar-refractivity contribution in [3.63, 3.8) is 0 Å². The van der Waals surface area contributed by atoms with E-state index in [2.05, 4.69) is 20.9 Å². The lowest BCUT2D eigenvalue weighted by Crippen LogP contribution is -2.26. The molecule has 0 radical (unpaired) electrons. The highest BCUT2D eigenvalue weighted by atomic mass is 16.0. The Bertz CT molecular complexity index is 326. The Kier molecular flexibility index (Phi) is 2.46. The summed E-state index contributed by atoms with van der Waals surface area (Å²) < 4.78 is 0. The van der Waals surface area contributed by atoms with Crippen LogP contribution >= 0.6 is 0 Å². The molecule has 6 heteroatoms. The number of hydrogen-bond acceptors (Lipinski definition) is 6. The highest BCUT2D eigenvalue weighted by molar-refractivity contribution is 5.15. The molecule has 0 aromatic carbocycles. The molecule has 0 aromatic rings. The zero-order valence-corrected chi connectivity index (χ0v) is 7.30. The van der Waals surface area contributed by atoms with Crippen molar-refractivity contribution in [1.82, 2.24) is 10.2 Å². The minimum Gasteiger partial charge on any atom is -0.137 e. The number of nitrogens with zero attached hydrogens (tertiary/aromatic N) is 6. The zero-order valence-electron chi connectivity index (χ0n) is 7.30. The SMILES string of the molecule is C1=C\C=C\N2N=NN=NN2/C=C/C=C/1. The third-order valence-corrected chi connectivity index (χ3v) is 1.51. The average Bonchev–Trinajstić information content (AvgIpc) is 2.25. The number of hydrazine groups is 1. The van der Waals surface area contributed by atoms with Crippen LogP contribution in [-0.2, 0) is 0 Å². The summed E-state index contributed by atoms with van der Waals surface area (Å²) in [6, 6.07) is 0. The maximum absolute atomic E-state index is 3.75. The minimum atomic E-state index is 1.47. The normalized spacial score (nSPS) is 28.0. The van der Waals surface area contributed by atoms with Gasteiger partial charge in [-0.15, -0.1) is 10.2 Å². The van der Waals surface area contributed by atoms with Crippen LogP contribution in [-0.4, -0.2) is 10.2 Å². The summed E-state index contributed by atoms with van der Waals surface area (Å²) >= 11 is 0. The number of rotatable bonds is 0. The molecular formula is C8H8N6. The molecule has 0 saturated heterocycles. The summed E-state index contributed by atoms with van der Waals surface area (Å²) in [6.45, 7) is 0. The average molecular weight is 188 g/mol. The van der Waals surface area contributed by atoms with Gasteiger partial charge in [0.25, 0.3) is 0 Å². The van der Waals surface area contributed by atoms with Crippen molar-refractivity contribution in [2.75, 3.05) is 0 Å². The zero-order chi connectivity index (χ0) is 9.64. The van der Waals surface area contributed by atoms with Crippen LogP contribution in [0.2, 0.25) is 0 Å². The summed E-state index contributed by atoms with van der Waals surface area (Å²) in [5.41, 5.74) is 0. The molecule has 2 aliphatic heterocycles. The van der Waals surface area contributed by atoms with Gasteiger partial charge in [0, 0.05) is 0 Å². The Hall–Kier alpha value is -2.24. The third kappa shape index (κ3) is 1.92. The molecule has 2 heterocycles. The standard InChI is InChI=1S/C8H8N6/c1-2-4-6-8-14-12-10-9-11-13(14)7-5-3-1/h1-8H/b3-1-,4-2+,7-5+,8-6+. The van der Waals surface area contributed by atoms with Gasteiger partial charge in [-0.1, -0.05) is 24.3 Å². The van der Waals surface area contributed by atoms with Crippen molar-refractivity contribution in [2.24, 2.45) is 20.9 Å². The van der Waals surface area contributed by atoms with Gasteiger partial charge < -0.3 is 0 Å². The molecule has 2 rings (SSSR count). The Labute approximate surface area is 80.8 Å². The second-order valence-electron chi connectivity index (χ2n) is 2.45. The van der Waals surface area contributed by atoms with E-state index in [0.717, 1.165) is 0 Å². The van der Waals surface area contributed by atoms with E-state index in [1.165, 1.54) is 10.2 Å². The van der Waals surface area contributed by atoms with Crippen molar-refractivity contribution in [3.8, 4) is 0 Å². The van der Waals surface area contributed by atoms with Crippen LogP contribution in [0, 0.1) is 0 Å². The van der Waals surface area contributed by atoms with Crippen LogP contribution in [0.4, 0.5) is 0 Å². The summed E-state index contributed by atoms with van der Waals surface area (Å²) in [7, 11) is 0. The van der Waals surface area contributed by atoms with Gasteiger partial charge in [0.15, 0.2) is 0 Å². The van der Waals surface area contributed by atoms with Crippen molar-refractivity contribution < 1.29 is 0 Å². The fraction of sp³-hybridized carbons (Fsp3) is 0. The third-order valence-electron chi connectivity index (χ3n) is 1.51. The van der Waals surface area contributed by atoms with Gasteiger partial charge in [-0.2, -0.15) is 0 Å². The molecule has 0 aliphatic carbocycles. The molecule has 70 valence electrons. The monoisotopic (exact) mass is 188 g/mol. The van der Waals surface area contributed by atoms with Crippen molar-refractivity contribution in [3.05, 3.63) is 48.9 Å². The molecular weight excluding hydrogens is 180 g/mol. The molecule has 6 nitrogen and oxygen atoms in total. The first-order valence-corrected chi connectivity index (χ1v) is 4.05. The quantitative estimate of drug-likeness (QED) is 0.585. The molecule has 0 aromatic heterocycles. The van der Waals surface area contributed by atoms with Crippen LogP contribution in [0.1, 0.15) is 0 Å². The fourth-order valence-electron chi connectivity index (χ4n) is 0.906. The molecule has 0 spiro atoms. The molecule has 0 atom stereocenters. The molecule has 0 amide bonds. The van der Waals surface area contributed by atoms with Gasteiger partial charge in [-0.05, 0) is 33.0 Å². The van der Waals surface area contributed by atoms with Crippen LogP contribution < -0.4 is 0 Å². The number of fused-ring (bicyclic) bond motifs is 1. The van der Waals surface area contributed by atoms with E-state index in [-0.39, 0.29) is 0 Å². The lowest BCUT2D eigenvalue weighted by Gasteiger charge is -2.21. The van der Waals surface area contributed by atoms with Crippen LogP contribution in [0.3, 0.4) is 0 Å². The van der Waals surface area contributed by atoms with E-state index < -0.39 is 0 Å². The lowest BCUT2D eigenvalue weighted by molar-refractivity contribution is 0.0441. The Morgan fingerprint density at radius 2 is 1.00 bits per heavy atom. The highest BCUT2D eigenvalue weighted by Gasteiger charge is 2.08. The maximum atomic E-state index is 3.75. The van der Waals surface area contributed by atoms with Crippen LogP contribution in [0.5, 0.6) is 0 Å². The minimum absolute atomic E-state index is 1.47. The molecule has 0 unspecified atom stereocenters. The topological polar surface area (TPSA) is 55.9 Å². The lowest BCUT2D eigenvalue weighted by atomic mass is 10.4. The van der Waals surface area contributed by atoms with Gasteiger partial charge >= 0.3 is 0 Å². The van der Waals surface area contributed by atoms with Gasteiger partial charge in [-0.3, -0.25) is 0 Å². The van der Waals surface area contributed by atoms with E-state index in [9.17, 15) is 0 Å². The predicted octanol–water partition coefficient (Wildman–Crippen LogP) is 2.32. The fourth-order valence-corrected chi connectivity index (χ4v) is 0.906. The van der Waals surface area contributed by atoms with E-state index in [4.69, 9.17) is 0 Å². The molecule has 0 fully saturated rings. The molecule has 0 N–H and O–H groups in total. The summed E-state index contributed by atoms with van der Waals surface area (Å²) in [5, 5.41) is 17.3. The van der Waals surface area contributed by atoms with E-state index in [1.54, 1.807) is 12.4 Å². The second-order valence-corrected chi connectivity index (χ2v) is 2.45. The molecule has 0 bridgehead atoms. The number of allylic oxidation sites excluding steroid dienone is 6. The largest absolute Gasteiger partial charge is 0.137 e. The molecule has 14 heavy (non-hydrogen) atoms. The Morgan fingerprint density at radius 1 is 0.571 bits per heavy atom. The van der Waals surface area contributed by atoms with Gasteiger partial charge in [0.2, 0.25) is 0 Å². The van der Waals surface area contributed by atoms with Gasteiger partial charge in [0.1, 0.15) is 0 Å². The van der Waals surface area contributed by atoms with Crippen molar-refractivity contribution in [1.29, 1.82) is 0 Å². The first kappa shape index (κ1) is 8.36. The first-order valence-electron chi connectivity index (χ1n) is 4.05. The van der Waals surface area contributed by atoms with E-state index in [1.807, 2.05) is 36.5 Å². The van der Waals surface area contributed by atoms with Crippen molar-refractivity contribution in [2.45, 2.75) is 0 Å². The van der Waals surface area contributed by atoms with Crippen molar-refractivity contribution >= 4 is 0 Å². The molecule has 0 saturated carbocycles. The molecule has 2 aliphatic rings. The van der Waals surface area contributed by atoms with Gasteiger partial charge in [0.05, 0.1) is 12.4 Å². The maximum Gasteiger partial charge on any atom is 0.0514 e. The van der Waals surface area contributed by atoms with Crippen LogP contribution in [0.15, 0.2) is 69.7 Å². The summed E-state index contributed by atoms with van der Waals surface area (Å²) in [6.07, 6.45) is 14.7. The predicted molar refractivity (Wildman–Crippen MR) is 50.0 cm³/mol. The van der Waals surface area contributed by atoms with E-state index in [0.29, 0.717) is 0 Å². The van der Waals surface area contributed by atoms with Crippen LogP contribution in [0.25, 0.3) is 0 Å². The Morgan fingerprint density at radius 3 is 1.50 bits per heavy atom. The number of hydrogen-bond donors (Lipinski definition) is 0. The highest BCUT2D eigenvalue weighted by Crippen LogP contribution is 2.09. The van der Waals surface area contributed by atoms with E-state index >= 15 is 0 Å².